The molecule has 80 valence electrons. The minimum Gasteiger partial charge on any atom is -0.382 e. The van der Waals surface area contributed by atoms with Crippen LogP contribution in [-0.2, 0) is 14.2 Å². The summed E-state index contributed by atoms with van der Waals surface area (Å²) in [4.78, 5) is 0. The standard InChI is InChI=1S/C9H20O3S/c1-10-7-8-12-5-2-4-11-6-3-9-13/h13H,2-9H2,1H3. The summed E-state index contributed by atoms with van der Waals surface area (Å²) in [6, 6.07) is 0. The highest BCUT2D eigenvalue weighted by atomic mass is 32.1. The van der Waals surface area contributed by atoms with Gasteiger partial charge in [-0.2, -0.15) is 12.6 Å². The molecule has 0 saturated carbocycles. The van der Waals surface area contributed by atoms with Crippen LogP contribution in [0.15, 0.2) is 0 Å². The van der Waals surface area contributed by atoms with E-state index in [0.717, 1.165) is 38.4 Å². The third-order valence-corrected chi connectivity index (χ3v) is 1.77. The number of thiol groups is 1. The maximum atomic E-state index is 5.32. The Kier molecular flexibility index (Phi) is 12.4. The molecule has 0 spiro atoms. The summed E-state index contributed by atoms with van der Waals surface area (Å²) >= 11 is 4.08. The average molecular weight is 208 g/mol. The van der Waals surface area contributed by atoms with E-state index in [4.69, 9.17) is 14.2 Å². The van der Waals surface area contributed by atoms with Crippen molar-refractivity contribution in [3.63, 3.8) is 0 Å². The molecule has 0 N–H and O–H groups in total. The van der Waals surface area contributed by atoms with E-state index < -0.39 is 0 Å². The molecule has 3 nitrogen and oxygen atoms in total. The van der Waals surface area contributed by atoms with Gasteiger partial charge in [0, 0.05) is 26.9 Å². The molecule has 0 aliphatic heterocycles. The molecule has 0 aliphatic rings. The molecule has 0 bridgehead atoms. The van der Waals surface area contributed by atoms with Crippen LogP contribution in [0.1, 0.15) is 12.8 Å². The van der Waals surface area contributed by atoms with Gasteiger partial charge in [0.1, 0.15) is 0 Å². The summed E-state index contributed by atoms with van der Waals surface area (Å²) in [6.45, 7) is 3.68. The lowest BCUT2D eigenvalue weighted by molar-refractivity contribution is 0.0516. The molecule has 0 heterocycles. The lowest BCUT2D eigenvalue weighted by atomic mass is 10.5. The molecular formula is C9H20O3S. The van der Waals surface area contributed by atoms with Gasteiger partial charge in [-0.05, 0) is 18.6 Å². The smallest absolute Gasteiger partial charge is 0.0700 e. The van der Waals surface area contributed by atoms with Gasteiger partial charge in [0.15, 0.2) is 0 Å². The summed E-state index contributed by atoms with van der Waals surface area (Å²) in [6.07, 6.45) is 1.98. The van der Waals surface area contributed by atoms with E-state index in [-0.39, 0.29) is 0 Å². The van der Waals surface area contributed by atoms with E-state index in [1.165, 1.54) is 0 Å². The van der Waals surface area contributed by atoms with Crippen LogP contribution in [0.5, 0.6) is 0 Å². The first-order valence-electron chi connectivity index (χ1n) is 4.67. The minimum atomic E-state index is 0.667. The van der Waals surface area contributed by atoms with Crippen LogP contribution in [0.4, 0.5) is 0 Å². The van der Waals surface area contributed by atoms with E-state index in [1.54, 1.807) is 7.11 Å². The van der Waals surface area contributed by atoms with Crippen LogP contribution in [0.2, 0.25) is 0 Å². The molecule has 0 rings (SSSR count). The van der Waals surface area contributed by atoms with Crippen molar-refractivity contribution in [1.82, 2.24) is 0 Å². The molecule has 0 aliphatic carbocycles. The topological polar surface area (TPSA) is 27.7 Å². The van der Waals surface area contributed by atoms with Gasteiger partial charge in [-0.25, -0.2) is 0 Å². The third-order valence-electron chi connectivity index (χ3n) is 1.46. The average Bonchev–Trinajstić information content (AvgIpc) is 2.16. The summed E-state index contributed by atoms with van der Waals surface area (Å²) in [7, 11) is 1.67. The van der Waals surface area contributed by atoms with Gasteiger partial charge >= 0.3 is 0 Å². The predicted octanol–water partition coefficient (Wildman–Crippen LogP) is 1.38. The van der Waals surface area contributed by atoms with E-state index >= 15 is 0 Å². The van der Waals surface area contributed by atoms with Crippen LogP contribution >= 0.6 is 12.6 Å². The van der Waals surface area contributed by atoms with Gasteiger partial charge in [0.25, 0.3) is 0 Å². The normalized spacial score (nSPS) is 10.6. The molecular weight excluding hydrogens is 188 g/mol. The highest BCUT2D eigenvalue weighted by molar-refractivity contribution is 7.80. The Morgan fingerprint density at radius 1 is 0.846 bits per heavy atom. The van der Waals surface area contributed by atoms with Gasteiger partial charge in [-0.15, -0.1) is 0 Å². The first-order valence-corrected chi connectivity index (χ1v) is 5.30. The largest absolute Gasteiger partial charge is 0.382 e. The van der Waals surface area contributed by atoms with Crippen molar-refractivity contribution in [3.8, 4) is 0 Å². The first kappa shape index (κ1) is 13.2. The molecule has 0 amide bonds. The SMILES string of the molecule is COCCOCCCOCCCS. The maximum absolute atomic E-state index is 5.32. The number of ether oxygens (including phenoxy) is 3. The molecule has 0 aromatic carbocycles. The molecule has 0 radical (unpaired) electrons. The highest BCUT2D eigenvalue weighted by Crippen LogP contribution is 1.89. The van der Waals surface area contributed by atoms with Gasteiger partial charge < -0.3 is 14.2 Å². The summed E-state index contributed by atoms with van der Waals surface area (Å²) in [5, 5.41) is 0. The Labute approximate surface area is 86.2 Å². The second kappa shape index (κ2) is 12.2. The number of hydrogen-bond acceptors (Lipinski definition) is 4. The predicted molar refractivity (Wildman–Crippen MR) is 56.6 cm³/mol. The second-order valence-electron chi connectivity index (χ2n) is 2.65. The molecule has 0 fully saturated rings. The van der Waals surface area contributed by atoms with E-state index in [0.29, 0.717) is 13.2 Å². The quantitative estimate of drug-likeness (QED) is 0.434. The van der Waals surface area contributed by atoms with Crippen molar-refractivity contribution in [3.05, 3.63) is 0 Å². The zero-order valence-electron chi connectivity index (χ0n) is 8.33. The Bertz CT molecular complexity index is 80.9. The number of hydrogen-bond donors (Lipinski definition) is 1. The summed E-state index contributed by atoms with van der Waals surface area (Å²) in [5.41, 5.74) is 0. The molecule has 0 saturated heterocycles. The van der Waals surface area contributed by atoms with E-state index in [2.05, 4.69) is 12.6 Å². The van der Waals surface area contributed by atoms with Crippen LogP contribution in [-0.4, -0.2) is 45.9 Å². The van der Waals surface area contributed by atoms with E-state index in [1.807, 2.05) is 0 Å². The minimum absolute atomic E-state index is 0.667. The molecule has 0 atom stereocenters. The first-order chi connectivity index (χ1) is 6.41. The van der Waals surface area contributed by atoms with E-state index in [9.17, 15) is 0 Å². The summed E-state index contributed by atoms with van der Waals surface area (Å²) in [5.74, 6) is 0.893. The second-order valence-corrected chi connectivity index (χ2v) is 3.10. The Hall–Kier alpha value is 0.230. The molecule has 0 unspecified atom stereocenters. The molecule has 13 heavy (non-hydrogen) atoms. The van der Waals surface area contributed by atoms with Gasteiger partial charge in [0.05, 0.1) is 13.2 Å². The van der Waals surface area contributed by atoms with Crippen molar-refractivity contribution in [2.45, 2.75) is 12.8 Å². The van der Waals surface area contributed by atoms with Crippen LogP contribution in [0, 0.1) is 0 Å². The fraction of sp³-hybridized carbons (Fsp3) is 1.00. The van der Waals surface area contributed by atoms with Crippen molar-refractivity contribution in [2.24, 2.45) is 0 Å². The van der Waals surface area contributed by atoms with Crippen molar-refractivity contribution >= 4 is 12.6 Å². The number of rotatable bonds is 10. The summed E-state index contributed by atoms with van der Waals surface area (Å²) < 4.78 is 15.4. The zero-order chi connectivity index (χ0) is 9.78. The molecule has 0 aromatic heterocycles. The zero-order valence-corrected chi connectivity index (χ0v) is 9.22. The van der Waals surface area contributed by atoms with Gasteiger partial charge in [0.2, 0.25) is 0 Å². The van der Waals surface area contributed by atoms with Crippen LogP contribution in [0.25, 0.3) is 0 Å². The Morgan fingerprint density at radius 3 is 2.08 bits per heavy atom. The number of methoxy groups -OCH3 is 1. The third kappa shape index (κ3) is 12.2. The lowest BCUT2D eigenvalue weighted by Gasteiger charge is -2.04. The molecule has 0 aromatic rings. The fourth-order valence-electron chi connectivity index (χ4n) is 0.776. The highest BCUT2D eigenvalue weighted by Gasteiger charge is 1.90. The lowest BCUT2D eigenvalue weighted by Crippen LogP contribution is -2.06. The van der Waals surface area contributed by atoms with Crippen molar-refractivity contribution < 1.29 is 14.2 Å². The Morgan fingerprint density at radius 2 is 1.46 bits per heavy atom. The monoisotopic (exact) mass is 208 g/mol. The van der Waals surface area contributed by atoms with Crippen molar-refractivity contribution in [1.29, 1.82) is 0 Å². The maximum Gasteiger partial charge on any atom is 0.0700 e. The van der Waals surface area contributed by atoms with Crippen molar-refractivity contribution in [2.75, 3.05) is 45.9 Å². The van der Waals surface area contributed by atoms with Gasteiger partial charge in [-0.3, -0.25) is 0 Å². The van der Waals surface area contributed by atoms with Crippen LogP contribution < -0.4 is 0 Å². The fourth-order valence-corrected chi connectivity index (χ4v) is 0.905. The Balaban J connectivity index is 2.76. The van der Waals surface area contributed by atoms with Gasteiger partial charge in [-0.1, -0.05) is 0 Å². The molecule has 4 heteroatoms. The van der Waals surface area contributed by atoms with Crippen LogP contribution in [0.3, 0.4) is 0 Å².